The van der Waals surface area contributed by atoms with Crippen molar-refractivity contribution in [1.82, 2.24) is 5.32 Å². The van der Waals surface area contributed by atoms with Crippen LogP contribution < -0.4 is 5.32 Å². The van der Waals surface area contributed by atoms with Crippen molar-refractivity contribution in [1.29, 1.82) is 5.26 Å². The van der Waals surface area contributed by atoms with Crippen LogP contribution in [0.2, 0.25) is 0 Å². The molecule has 1 aromatic rings. The van der Waals surface area contributed by atoms with E-state index < -0.39 is 9.84 Å². The predicted molar refractivity (Wildman–Crippen MR) is 75.5 cm³/mol. The monoisotopic (exact) mass is 280 g/mol. The van der Waals surface area contributed by atoms with Crippen LogP contribution in [-0.4, -0.2) is 27.3 Å². The molecular weight excluding hydrogens is 260 g/mol. The molecule has 0 bridgehead atoms. The first-order valence-electron chi connectivity index (χ1n) is 6.43. The van der Waals surface area contributed by atoms with Crippen molar-refractivity contribution < 1.29 is 8.42 Å². The Morgan fingerprint density at radius 2 is 1.95 bits per heavy atom. The van der Waals surface area contributed by atoms with Crippen LogP contribution in [0, 0.1) is 17.2 Å². The summed E-state index contributed by atoms with van der Waals surface area (Å²) in [7, 11) is -3.26. The maximum Gasteiger partial charge on any atom is 0.179 e. The second-order valence-corrected chi connectivity index (χ2v) is 6.78. The summed E-state index contributed by atoms with van der Waals surface area (Å²) in [4.78, 5) is 0.275. The molecule has 0 spiro atoms. The number of hydrogen-bond acceptors (Lipinski definition) is 4. The molecule has 0 amide bonds. The van der Waals surface area contributed by atoms with Crippen molar-refractivity contribution in [2.45, 2.75) is 25.2 Å². The highest BCUT2D eigenvalue weighted by atomic mass is 32.2. The van der Waals surface area contributed by atoms with Gasteiger partial charge >= 0.3 is 0 Å². The highest BCUT2D eigenvalue weighted by Crippen LogP contribution is 2.11. The van der Waals surface area contributed by atoms with Crippen molar-refractivity contribution in [3.05, 3.63) is 29.8 Å². The van der Waals surface area contributed by atoms with Gasteiger partial charge in [-0.1, -0.05) is 20.3 Å². The molecule has 0 aliphatic rings. The Morgan fingerprint density at radius 1 is 1.32 bits per heavy atom. The summed E-state index contributed by atoms with van der Waals surface area (Å²) < 4.78 is 24.0. The Hall–Kier alpha value is -1.38. The number of nitrogens with one attached hydrogen (secondary N) is 1. The molecule has 4 nitrogen and oxygen atoms in total. The van der Waals surface area contributed by atoms with Crippen molar-refractivity contribution >= 4 is 9.84 Å². The molecule has 0 aliphatic heterocycles. The predicted octanol–water partition coefficient (Wildman–Crippen LogP) is 1.97. The lowest BCUT2D eigenvalue weighted by atomic mass is 10.1. The summed E-state index contributed by atoms with van der Waals surface area (Å²) in [5, 5.41) is 11.8. The molecular formula is C14H20N2O2S. The standard InChI is InChI=1S/C14H20N2O2S/c1-3-12(2)11-16-8-9-19(17,18)14-6-4-13(10-15)5-7-14/h4-7,12,16H,3,8-9,11H2,1-2H3. The maximum atomic E-state index is 12.0. The van der Waals surface area contributed by atoms with Gasteiger partial charge < -0.3 is 5.32 Å². The fourth-order valence-electron chi connectivity index (χ4n) is 1.55. The summed E-state index contributed by atoms with van der Waals surface area (Å²) in [5.74, 6) is 0.632. The maximum absolute atomic E-state index is 12.0. The molecule has 0 saturated heterocycles. The summed E-state index contributed by atoms with van der Waals surface area (Å²) in [6.45, 7) is 5.52. The van der Waals surface area contributed by atoms with Gasteiger partial charge in [-0.15, -0.1) is 0 Å². The van der Waals surface area contributed by atoms with Gasteiger partial charge in [0, 0.05) is 6.54 Å². The Morgan fingerprint density at radius 3 is 2.47 bits per heavy atom. The number of hydrogen-bond donors (Lipinski definition) is 1. The van der Waals surface area contributed by atoms with E-state index in [0.717, 1.165) is 13.0 Å². The molecule has 5 heteroatoms. The molecule has 1 aromatic carbocycles. The third kappa shape index (κ3) is 5.01. The zero-order chi connectivity index (χ0) is 14.3. The normalized spacial score (nSPS) is 12.9. The molecule has 0 aromatic heterocycles. The smallest absolute Gasteiger partial charge is 0.179 e. The molecule has 0 fully saturated rings. The van der Waals surface area contributed by atoms with E-state index in [9.17, 15) is 8.42 Å². The van der Waals surface area contributed by atoms with E-state index in [1.165, 1.54) is 24.3 Å². The van der Waals surface area contributed by atoms with Crippen LogP contribution in [0.4, 0.5) is 0 Å². The second-order valence-electron chi connectivity index (χ2n) is 4.67. The third-order valence-electron chi connectivity index (χ3n) is 3.08. The SMILES string of the molecule is CCC(C)CNCCS(=O)(=O)c1ccc(C#N)cc1. The quantitative estimate of drug-likeness (QED) is 0.775. The number of benzene rings is 1. The van der Waals surface area contributed by atoms with Gasteiger partial charge in [-0.2, -0.15) is 5.26 Å². The minimum absolute atomic E-state index is 0.0787. The lowest BCUT2D eigenvalue weighted by Gasteiger charge is -2.10. The molecule has 1 N–H and O–H groups in total. The van der Waals surface area contributed by atoms with E-state index in [0.29, 0.717) is 18.0 Å². The van der Waals surface area contributed by atoms with Crippen LogP contribution >= 0.6 is 0 Å². The lowest BCUT2D eigenvalue weighted by molar-refractivity contribution is 0.508. The summed E-state index contributed by atoms with van der Waals surface area (Å²) >= 11 is 0. The first-order chi connectivity index (χ1) is 8.99. The molecule has 1 unspecified atom stereocenters. The molecule has 0 saturated carbocycles. The molecule has 0 aliphatic carbocycles. The van der Waals surface area contributed by atoms with Gasteiger partial charge in [-0.25, -0.2) is 8.42 Å². The van der Waals surface area contributed by atoms with E-state index in [4.69, 9.17) is 5.26 Å². The van der Waals surface area contributed by atoms with E-state index in [1.54, 1.807) is 0 Å². The molecule has 0 heterocycles. The summed E-state index contributed by atoms with van der Waals surface area (Å²) in [5.41, 5.74) is 0.467. The average Bonchev–Trinajstić information content (AvgIpc) is 2.43. The van der Waals surface area contributed by atoms with Crippen LogP contribution in [-0.2, 0) is 9.84 Å². The third-order valence-corrected chi connectivity index (χ3v) is 4.81. The summed E-state index contributed by atoms with van der Waals surface area (Å²) in [6, 6.07) is 8.00. The van der Waals surface area contributed by atoms with Gasteiger partial charge in [0.1, 0.15) is 0 Å². The van der Waals surface area contributed by atoms with Gasteiger partial charge in [0.05, 0.1) is 22.3 Å². The number of nitriles is 1. The van der Waals surface area contributed by atoms with Gasteiger partial charge in [0.25, 0.3) is 0 Å². The number of rotatable bonds is 7. The highest BCUT2D eigenvalue weighted by molar-refractivity contribution is 7.91. The highest BCUT2D eigenvalue weighted by Gasteiger charge is 2.13. The molecule has 104 valence electrons. The van der Waals surface area contributed by atoms with Crippen LogP contribution in [0.15, 0.2) is 29.2 Å². The van der Waals surface area contributed by atoms with Gasteiger partial charge in [-0.05, 0) is 36.7 Å². The minimum Gasteiger partial charge on any atom is -0.315 e. The van der Waals surface area contributed by atoms with Crippen molar-refractivity contribution in [3.63, 3.8) is 0 Å². The topological polar surface area (TPSA) is 70.0 Å². The van der Waals surface area contributed by atoms with Crippen molar-refractivity contribution in [2.24, 2.45) is 5.92 Å². The van der Waals surface area contributed by atoms with Gasteiger partial charge in [0.15, 0.2) is 9.84 Å². The summed E-state index contributed by atoms with van der Waals surface area (Å²) in [6.07, 6.45) is 1.08. The van der Waals surface area contributed by atoms with E-state index in [2.05, 4.69) is 19.2 Å². The first-order valence-corrected chi connectivity index (χ1v) is 8.08. The first kappa shape index (κ1) is 15.7. The van der Waals surface area contributed by atoms with E-state index >= 15 is 0 Å². The molecule has 1 atom stereocenters. The fourth-order valence-corrected chi connectivity index (χ4v) is 2.75. The fraction of sp³-hybridized carbons (Fsp3) is 0.500. The van der Waals surface area contributed by atoms with Gasteiger partial charge in [0.2, 0.25) is 0 Å². The zero-order valence-corrected chi connectivity index (χ0v) is 12.2. The minimum atomic E-state index is -3.26. The zero-order valence-electron chi connectivity index (χ0n) is 11.4. The van der Waals surface area contributed by atoms with E-state index in [-0.39, 0.29) is 10.6 Å². The Labute approximate surface area is 115 Å². The van der Waals surface area contributed by atoms with Crippen molar-refractivity contribution in [2.75, 3.05) is 18.8 Å². The largest absolute Gasteiger partial charge is 0.315 e. The van der Waals surface area contributed by atoms with Gasteiger partial charge in [-0.3, -0.25) is 0 Å². The van der Waals surface area contributed by atoms with Crippen molar-refractivity contribution in [3.8, 4) is 6.07 Å². The average molecular weight is 280 g/mol. The van der Waals surface area contributed by atoms with Crippen LogP contribution in [0.1, 0.15) is 25.8 Å². The molecule has 0 radical (unpaired) electrons. The lowest BCUT2D eigenvalue weighted by Crippen LogP contribution is -2.27. The second kappa shape index (κ2) is 7.27. The van der Waals surface area contributed by atoms with E-state index in [1.807, 2.05) is 6.07 Å². The number of sulfone groups is 1. The Kier molecular flexibility index (Phi) is 6.00. The number of nitrogens with zero attached hydrogens (tertiary/aromatic N) is 1. The van der Waals surface area contributed by atoms with Crippen LogP contribution in [0.5, 0.6) is 0 Å². The molecule has 19 heavy (non-hydrogen) atoms. The van der Waals surface area contributed by atoms with Crippen LogP contribution in [0.25, 0.3) is 0 Å². The van der Waals surface area contributed by atoms with Crippen LogP contribution in [0.3, 0.4) is 0 Å². The Balaban J connectivity index is 2.54. The Bertz CT molecular complexity index is 530. The molecule has 1 rings (SSSR count).